The van der Waals surface area contributed by atoms with E-state index in [0.29, 0.717) is 41.5 Å². The van der Waals surface area contributed by atoms with Crippen molar-refractivity contribution in [1.29, 1.82) is 0 Å². The van der Waals surface area contributed by atoms with E-state index in [1.54, 1.807) is 15.4 Å². The minimum Gasteiger partial charge on any atom is -0.391 e. The number of rotatable bonds is 4. The van der Waals surface area contributed by atoms with Gasteiger partial charge < -0.3 is 15.3 Å². The number of piperidine rings is 1. The Balaban J connectivity index is 1.54. The van der Waals surface area contributed by atoms with Gasteiger partial charge in [0.1, 0.15) is 0 Å². The molecule has 1 fully saturated rings. The number of nitrogens with zero attached hydrogens (tertiary/aromatic N) is 3. The van der Waals surface area contributed by atoms with Gasteiger partial charge in [0.15, 0.2) is 4.96 Å². The van der Waals surface area contributed by atoms with E-state index in [-0.39, 0.29) is 11.5 Å². The molecule has 2 N–H and O–H groups in total. The van der Waals surface area contributed by atoms with Crippen molar-refractivity contribution in [2.75, 3.05) is 18.4 Å². The van der Waals surface area contributed by atoms with Crippen molar-refractivity contribution in [2.24, 2.45) is 0 Å². The van der Waals surface area contributed by atoms with Crippen LogP contribution < -0.4 is 10.9 Å². The zero-order chi connectivity index (χ0) is 19.7. The average molecular weight is 398 g/mol. The molecular formula is C20H22N4O3S. The number of aromatic nitrogens is 2. The Hall–Kier alpha value is -2.71. The molecule has 8 heteroatoms. The third-order valence-electron chi connectivity index (χ3n) is 4.93. The number of benzene rings is 1. The summed E-state index contributed by atoms with van der Waals surface area (Å²) < 4.78 is 1.59. The van der Waals surface area contributed by atoms with Crippen LogP contribution in [0, 0.1) is 6.92 Å². The van der Waals surface area contributed by atoms with Crippen LogP contribution in [0.25, 0.3) is 4.96 Å². The Labute approximate surface area is 166 Å². The lowest BCUT2D eigenvalue weighted by Crippen LogP contribution is -2.42. The predicted molar refractivity (Wildman–Crippen MR) is 109 cm³/mol. The molecule has 1 atom stereocenters. The van der Waals surface area contributed by atoms with Crippen LogP contribution in [0.2, 0.25) is 0 Å². The van der Waals surface area contributed by atoms with E-state index < -0.39 is 6.10 Å². The first kappa shape index (κ1) is 18.6. The number of hydrogen-bond acceptors (Lipinski definition) is 6. The second-order valence-corrected chi connectivity index (χ2v) is 7.86. The van der Waals surface area contributed by atoms with Crippen LogP contribution in [0.4, 0.5) is 5.69 Å². The van der Waals surface area contributed by atoms with Gasteiger partial charge in [0.2, 0.25) is 0 Å². The Morgan fingerprint density at radius 1 is 1.39 bits per heavy atom. The van der Waals surface area contributed by atoms with Gasteiger partial charge in [0.05, 0.1) is 23.9 Å². The first-order valence-corrected chi connectivity index (χ1v) is 10.2. The summed E-state index contributed by atoms with van der Waals surface area (Å²) in [6.45, 7) is 3.23. The first-order chi connectivity index (χ1) is 13.5. The van der Waals surface area contributed by atoms with Crippen LogP contribution in [0.15, 0.2) is 40.5 Å². The number of hydrogen-bond donors (Lipinski definition) is 2. The lowest BCUT2D eigenvalue weighted by atomic mass is 10.1. The molecule has 3 heterocycles. The molecule has 1 aromatic carbocycles. The number of aryl methyl sites for hydroxylation is 1. The van der Waals surface area contributed by atoms with Gasteiger partial charge in [0.25, 0.3) is 11.5 Å². The number of β-amino-alcohol motifs (C(OH)–C–C–N with tert-alkyl or cyclic N) is 1. The molecule has 0 bridgehead atoms. The standard InChI is InChI=1S/C20H22N4O3S/c1-13-12-28-20-22-14(9-18(26)24(13)20)10-21-17-7-3-2-6-16(17)19(27)23-8-4-5-15(25)11-23/h2-3,6-7,9,12,15,21,25H,4-5,8,10-11H2,1H3. The Kier molecular flexibility index (Phi) is 5.15. The molecule has 0 spiro atoms. The van der Waals surface area contributed by atoms with E-state index >= 15 is 0 Å². The van der Waals surface area contributed by atoms with Gasteiger partial charge in [0, 0.05) is 35.9 Å². The summed E-state index contributed by atoms with van der Waals surface area (Å²) in [6.07, 6.45) is 1.07. The van der Waals surface area contributed by atoms with E-state index in [9.17, 15) is 14.7 Å². The summed E-state index contributed by atoms with van der Waals surface area (Å²) in [5.41, 5.74) is 2.64. The highest BCUT2D eigenvalue weighted by molar-refractivity contribution is 7.15. The van der Waals surface area contributed by atoms with Crippen molar-refractivity contribution in [3.63, 3.8) is 0 Å². The van der Waals surface area contributed by atoms with Crippen LogP contribution in [0.1, 0.15) is 34.6 Å². The van der Waals surface area contributed by atoms with Crippen molar-refractivity contribution >= 4 is 27.9 Å². The molecule has 2 aromatic heterocycles. The Morgan fingerprint density at radius 2 is 2.21 bits per heavy atom. The molecule has 1 amide bonds. The van der Waals surface area contributed by atoms with Crippen LogP contribution in [0.5, 0.6) is 0 Å². The number of carbonyl (C=O) groups is 1. The summed E-state index contributed by atoms with van der Waals surface area (Å²) in [7, 11) is 0. The van der Waals surface area contributed by atoms with E-state index in [4.69, 9.17) is 0 Å². The van der Waals surface area contributed by atoms with Crippen molar-refractivity contribution < 1.29 is 9.90 Å². The van der Waals surface area contributed by atoms with Gasteiger partial charge in [-0.15, -0.1) is 11.3 Å². The molecule has 3 aromatic rings. The maximum atomic E-state index is 12.9. The number of fused-ring (bicyclic) bond motifs is 1. The monoisotopic (exact) mass is 398 g/mol. The molecule has 0 aliphatic carbocycles. The molecule has 1 aliphatic heterocycles. The van der Waals surface area contributed by atoms with Crippen molar-refractivity contribution in [1.82, 2.24) is 14.3 Å². The van der Waals surface area contributed by atoms with E-state index in [1.165, 1.54) is 17.4 Å². The zero-order valence-corrected chi connectivity index (χ0v) is 16.4. The van der Waals surface area contributed by atoms with Crippen molar-refractivity contribution in [3.8, 4) is 0 Å². The maximum Gasteiger partial charge on any atom is 0.259 e. The summed E-state index contributed by atoms with van der Waals surface area (Å²) >= 11 is 1.43. The Morgan fingerprint density at radius 3 is 3.04 bits per heavy atom. The molecule has 0 radical (unpaired) electrons. The maximum absolute atomic E-state index is 12.9. The SMILES string of the molecule is Cc1csc2nc(CNc3ccccc3C(=O)N3CCCC(O)C3)cc(=O)n12. The summed E-state index contributed by atoms with van der Waals surface area (Å²) in [4.78, 5) is 32.1. The molecular weight excluding hydrogens is 376 g/mol. The molecule has 1 unspecified atom stereocenters. The topological polar surface area (TPSA) is 86.9 Å². The third kappa shape index (κ3) is 3.65. The van der Waals surface area contributed by atoms with Crippen LogP contribution in [-0.4, -0.2) is 44.5 Å². The summed E-state index contributed by atoms with van der Waals surface area (Å²) in [5.74, 6) is -0.0980. The van der Waals surface area contributed by atoms with Crippen LogP contribution in [-0.2, 0) is 6.54 Å². The second-order valence-electron chi connectivity index (χ2n) is 7.03. The Bertz CT molecular complexity index is 1070. The van der Waals surface area contributed by atoms with E-state index in [2.05, 4.69) is 10.3 Å². The van der Waals surface area contributed by atoms with Crippen LogP contribution in [0.3, 0.4) is 0 Å². The number of likely N-dealkylation sites (tertiary alicyclic amines) is 1. The van der Waals surface area contributed by atoms with Gasteiger partial charge in [-0.05, 0) is 31.9 Å². The van der Waals surface area contributed by atoms with Gasteiger partial charge in [-0.25, -0.2) is 4.98 Å². The van der Waals surface area contributed by atoms with Crippen molar-refractivity contribution in [2.45, 2.75) is 32.4 Å². The quantitative estimate of drug-likeness (QED) is 0.704. The molecule has 146 valence electrons. The largest absolute Gasteiger partial charge is 0.391 e. The third-order valence-corrected chi connectivity index (χ3v) is 5.87. The summed E-state index contributed by atoms with van der Waals surface area (Å²) in [5, 5.41) is 15.0. The minimum absolute atomic E-state index is 0.0980. The van der Waals surface area contributed by atoms with Gasteiger partial charge in [-0.2, -0.15) is 0 Å². The summed E-state index contributed by atoms with van der Waals surface area (Å²) in [6, 6.07) is 8.82. The number of para-hydroxylation sites is 1. The molecule has 1 saturated heterocycles. The normalized spacial score (nSPS) is 17.1. The van der Waals surface area contributed by atoms with Crippen molar-refractivity contribution in [3.05, 3.63) is 63.0 Å². The van der Waals surface area contributed by atoms with Gasteiger partial charge >= 0.3 is 0 Å². The van der Waals surface area contributed by atoms with E-state index in [1.807, 2.05) is 30.5 Å². The van der Waals surface area contributed by atoms with Gasteiger partial charge in [-0.1, -0.05) is 12.1 Å². The fourth-order valence-electron chi connectivity index (χ4n) is 3.51. The first-order valence-electron chi connectivity index (χ1n) is 9.30. The highest BCUT2D eigenvalue weighted by Crippen LogP contribution is 2.21. The highest BCUT2D eigenvalue weighted by atomic mass is 32.1. The fourth-order valence-corrected chi connectivity index (χ4v) is 4.40. The van der Waals surface area contributed by atoms with Gasteiger partial charge in [-0.3, -0.25) is 14.0 Å². The number of aliphatic hydroxyl groups is 1. The highest BCUT2D eigenvalue weighted by Gasteiger charge is 2.24. The molecule has 0 saturated carbocycles. The molecule has 28 heavy (non-hydrogen) atoms. The minimum atomic E-state index is -0.462. The fraction of sp³-hybridized carbons (Fsp3) is 0.350. The molecule has 7 nitrogen and oxygen atoms in total. The molecule has 4 rings (SSSR count). The number of nitrogens with one attached hydrogen (secondary N) is 1. The lowest BCUT2D eigenvalue weighted by Gasteiger charge is -2.30. The lowest BCUT2D eigenvalue weighted by molar-refractivity contribution is 0.0474. The number of carbonyl (C=O) groups excluding carboxylic acids is 1. The number of thiazole rings is 1. The molecule has 1 aliphatic rings. The smallest absolute Gasteiger partial charge is 0.259 e. The number of amides is 1. The number of aliphatic hydroxyl groups excluding tert-OH is 1. The zero-order valence-electron chi connectivity index (χ0n) is 15.6. The second kappa shape index (κ2) is 7.73. The predicted octanol–water partition coefficient (Wildman–Crippen LogP) is 2.27. The average Bonchev–Trinajstić information content (AvgIpc) is 3.07. The van der Waals surface area contributed by atoms with E-state index in [0.717, 1.165) is 18.5 Å². The number of anilines is 1. The van der Waals surface area contributed by atoms with Crippen LogP contribution >= 0.6 is 11.3 Å².